The van der Waals surface area contributed by atoms with E-state index in [1.165, 1.54) is 11.1 Å². The third-order valence-electron chi connectivity index (χ3n) is 3.59. The molecule has 2 aromatic rings. The highest BCUT2D eigenvalue weighted by Crippen LogP contribution is 2.24. The molecule has 0 radical (unpaired) electrons. The molecular formula is C18H22FN. The monoisotopic (exact) mass is 271 g/mol. The molecule has 106 valence electrons. The quantitative estimate of drug-likeness (QED) is 0.856. The summed E-state index contributed by atoms with van der Waals surface area (Å²) in [6.07, 6.45) is 0. The van der Waals surface area contributed by atoms with Crippen LogP contribution in [0.25, 0.3) is 11.1 Å². The first-order valence-corrected chi connectivity index (χ1v) is 7.07. The third kappa shape index (κ3) is 3.45. The predicted octanol–water partition coefficient (Wildman–Crippen LogP) is 4.61. The first-order valence-electron chi connectivity index (χ1n) is 7.07. The fourth-order valence-electron chi connectivity index (χ4n) is 2.11. The van der Waals surface area contributed by atoms with Gasteiger partial charge in [0.1, 0.15) is 5.82 Å². The van der Waals surface area contributed by atoms with Crippen molar-refractivity contribution < 1.29 is 4.39 Å². The standard InChI is InChI=1S/C18H22FN/c1-12(2)20-11-17-8-7-16(10-18(17)19)15-6-5-13(3)14(4)9-15/h5-10,12,20H,11H2,1-4H3. The van der Waals surface area contributed by atoms with Crippen LogP contribution in [0.15, 0.2) is 36.4 Å². The normalized spacial score (nSPS) is 11.1. The minimum atomic E-state index is -0.145. The lowest BCUT2D eigenvalue weighted by Crippen LogP contribution is -2.22. The van der Waals surface area contributed by atoms with E-state index in [1.807, 2.05) is 18.2 Å². The lowest BCUT2D eigenvalue weighted by atomic mass is 9.99. The van der Waals surface area contributed by atoms with Gasteiger partial charge in [-0.05, 0) is 42.2 Å². The summed E-state index contributed by atoms with van der Waals surface area (Å²) >= 11 is 0. The van der Waals surface area contributed by atoms with Crippen molar-refractivity contribution in [3.05, 3.63) is 58.9 Å². The van der Waals surface area contributed by atoms with Crippen LogP contribution in [-0.4, -0.2) is 6.04 Å². The molecule has 0 aromatic heterocycles. The van der Waals surface area contributed by atoms with E-state index in [2.05, 4.69) is 45.1 Å². The minimum Gasteiger partial charge on any atom is -0.310 e. The fourth-order valence-corrected chi connectivity index (χ4v) is 2.11. The molecule has 0 atom stereocenters. The molecule has 2 heteroatoms. The van der Waals surface area contributed by atoms with Crippen LogP contribution in [-0.2, 0) is 6.54 Å². The summed E-state index contributed by atoms with van der Waals surface area (Å²) in [5, 5.41) is 3.24. The molecule has 0 aliphatic heterocycles. The van der Waals surface area contributed by atoms with Gasteiger partial charge in [0.15, 0.2) is 0 Å². The van der Waals surface area contributed by atoms with Crippen LogP contribution in [0.2, 0.25) is 0 Å². The third-order valence-corrected chi connectivity index (χ3v) is 3.59. The number of hydrogen-bond acceptors (Lipinski definition) is 1. The summed E-state index contributed by atoms with van der Waals surface area (Å²) in [4.78, 5) is 0. The molecule has 20 heavy (non-hydrogen) atoms. The van der Waals surface area contributed by atoms with Gasteiger partial charge >= 0.3 is 0 Å². The van der Waals surface area contributed by atoms with Gasteiger partial charge in [-0.3, -0.25) is 0 Å². The first-order chi connectivity index (χ1) is 9.47. The van der Waals surface area contributed by atoms with Gasteiger partial charge in [0.25, 0.3) is 0 Å². The highest BCUT2D eigenvalue weighted by atomic mass is 19.1. The van der Waals surface area contributed by atoms with Gasteiger partial charge in [-0.1, -0.05) is 44.2 Å². The second-order valence-electron chi connectivity index (χ2n) is 5.64. The Bertz CT molecular complexity index is 602. The van der Waals surface area contributed by atoms with Crippen LogP contribution in [0.3, 0.4) is 0 Å². The average Bonchev–Trinajstić information content (AvgIpc) is 2.40. The van der Waals surface area contributed by atoms with Crippen molar-refractivity contribution in [1.29, 1.82) is 0 Å². The molecule has 0 aliphatic rings. The summed E-state index contributed by atoms with van der Waals surface area (Å²) in [6, 6.07) is 12.1. The second kappa shape index (κ2) is 6.19. The molecule has 0 unspecified atom stereocenters. The highest BCUT2D eigenvalue weighted by molar-refractivity contribution is 5.65. The van der Waals surface area contributed by atoms with E-state index >= 15 is 0 Å². The maximum Gasteiger partial charge on any atom is 0.128 e. The summed E-state index contributed by atoms with van der Waals surface area (Å²) < 4.78 is 14.1. The largest absolute Gasteiger partial charge is 0.310 e. The van der Waals surface area contributed by atoms with Crippen molar-refractivity contribution in [1.82, 2.24) is 5.32 Å². The molecule has 2 rings (SSSR count). The van der Waals surface area contributed by atoms with Gasteiger partial charge in [0.2, 0.25) is 0 Å². The molecule has 0 heterocycles. The predicted molar refractivity (Wildman–Crippen MR) is 83.3 cm³/mol. The average molecular weight is 271 g/mol. The number of benzene rings is 2. The van der Waals surface area contributed by atoms with Crippen LogP contribution in [0.1, 0.15) is 30.5 Å². The molecule has 0 saturated carbocycles. The van der Waals surface area contributed by atoms with Gasteiger partial charge in [-0.15, -0.1) is 0 Å². The maximum absolute atomic E-state index is 14.1. The van der Waals surface area contributed by atoms with Crippen molar-refractivity contribution in [3.63, 3.8) is 0 Å². The molecule has 1 nitrogen and oxygen atoms in total. The topological polar surface area (TPSA) is 12.0 Å². The van der Waals surface area contributed by atoms with Crippen molar-refractivity contribution in [2.45, 2.75) is 40.3 Å². The Labute approximate surface area is 120 Å². The Balaban J connectivity index is 2.26. The second-order valence-corrected chi connectivity index (χ2v) is 5.64. The highest BCUT2D eigenvalue weighted by Gasteiger charge is 2.06. The molecular weight excluding hydrogens is 249 g/mol. The van der Waals surface area contributed by atoms with E-state index in [9.17, 15) is 4.39 Å². The zero-order valence-electron chi connectivity index (χ0n) is 12.6. The van der Waals surface area contributed by atoms with Crippen LogP contribution >= 0.6 is 0 Å². The molecule has 0 bridgehead atoms. The van der Waals surface area contributed by atoms with Gasteiger partial charge < -0.3 is 5.32 Å². The number of halogens is 1. The molecule has 0 fully saturated rings. The zero-order chi connectivity index (χ0) is 14.7. The van der Waals surface area contributed by atoms with Crippen LogP contribution in [0.4, 0.5) is 4.39 Å². The SMILES string of the molecule is Cc1ccc(-c2ccc(CNC(C)C)c(F)c2)cc1C. The number of aryl methyl sites for hydroxylation is 2. The summed E-state index contributed by atoms with van der Waals surface area (Å²) in [5.41, 5.74) is 5.20. The molecule has 2 aromatic carbocycles. The van der Waals surface area contributed by atoms with Crippen LogP contribution < -0.4 is 5.32 Å². The fraction of sp³-hybridized carbons (Fsp3) is 0.333. The van der Waals surface area contributed by atoms with E-state index in [1.54, 1.807) is 6.07 Å². The van der Waals surface area contributed by atoms with Crippen LogP contribution in [0, 0.1) is 19.7 Å². The minimum absolute atomic E-state index is 0.145. The number of nitrogens with one attached hydrogen (secondary N) is 1. The van der Waals surface area contributed by atoms with Crippen molar-refractivity contribution in [2.24, 2.45) is 0 Å². The lowest BCUT2D eigenvalue weighted by Gasteiger charge is -2.11. The summed E-state index contributed by atoms with van der Waals surface area (Å²) in [7, 11) is 0. The van der Waals surface area contributed by atoms with Gasteiger partial charge in [-0.25, -0.2) is 4.39 Å². The molecule has 0 spiro atoms. The van der Waals surface area contributed by atoms with Crippen molar-refractivity contribution >= 4 is 0 Å². The Morgan fingerprint density at radius 3 is 2.20 bits per heavy atom. The summed E-state index contributed by atoms with van der Waals surface area (Å²) in [5.74, 6) is -0.145. The first kappa shape index (κ1) is 14.7. The van der Waals surface area contributed by atoms with Gasteiger partial charge in [-0.2, -0.15) is 0 Å². The molecule has 1 N–H and O–H groups in total. The number of rotatable bonds is 4. The lowest BCUT2D eigenvalue weighted by molar-refractivity contribution is 0.553. The van der Waals surface area contributed by atoms with Gasteiger partial charge in [0.05, 0.1) is 0 Å². The van der Waals surface area contributed by atoms with Gasteiger partial charge in [0, 0.05) is 18.2 Å². The maximum atomic E-state index is 14.1. The van der Waals surface area contributed by atoms with E-state index in [4.69, 9.17) is 0 Å². The smallest absolute Gasteiger partial charge is 0.128 e. The molecule has 0 amide bonds. The molecule has 0 saturated heterocycles. The van der Waals surface area contributed by atoms with Crippen molar-refractivity contribution in [3.8, 4) is 11.1 Å². The Hall–Kier alpha value is -1.67. The Morgan fingerprint density at radius 1 is 0.950 bits per heavy atom. The number of hydrogen-bond donors (Lipinski definition) is 1. The Morgan fingerprint density at radius 2 is 1.60 bits per heavy atom. The summed E-state index contributed by atoms with van der Waals surface area (Å²) in [6.45, 7) is 8.84. The van der Waals surface area contributed by atoms with E-state index in [0.717, 1.165) is 11.1 Å². The van der Waals surface area contributed by atoms with E-state index < -0.39 is 0 Å². The van der Waals surface area contributed by atoms with E-state index in [-0.39, 0.29) is 5.82 Å². The zero-order valence-corrected chi connectivity index (χ0v) is 12.6. The van der Waals surface area contributed by atoms with Crippen molar-refractivity contribution in [2.75, 3.05) is 0 Å². The molecule has 0 aliphatic carbocycles. The van der Waals surface area contributed by atoms with Crippen LogP contribution in [0.5, 0.6) is 0 Å². The Kier molecular flexibility index (Phi) is 4.56. The van der Waals surface area contributed by atoms with E-state index in [0.29, 0.717) is 18.2 Å².